The summed E-state index contributed by atoms with van der Waals surface area (Å²) in [7, 11) is 6.23. The highest BCUT2D eigenvalue weighted by Gasteiger charge is 2.33. The summed E-state index contributed by atoms with van der Waals surface area (Å²) in [5.74, 6) is -0.126. The molecule has 2 amide bonds. The van der Waals surface area contributed by atoms with Gasteiger partial charge in [-0.3, -0.25) is 9.59 Å². The van der Waals surface area contributed by atoms with Gasteiger partial charge in [0.15, 0.2) is 9.84 Å². The number of anilines is 6. The molecular weight excluding hydrogens is 1130 g/mol. The van der Waals surface area contributed by atoms with E-state index in [0.29, 0.717) is 50.6 Å². The number of alkyl halides is 9. The van der Waals surface area contributed by atoms with Gasteiger partial charge in [-0.1, -0.05) is 25.1 Å². The Kier molecular flexibility index (Phi) is 18.4. The van der Waals surface area contributed by atoms with E-state index in [0.717, 1.165) is 36.4 Å². The van der Waals surface area contributed by atoms with Gasteiger partial charge in [-0.2, -0.15) is 49.1 Å². The second kappa shape index (κ2) is 25.0. The smallest absolute Gasteiger partial charge is 0.355 e. The van der Waals surface area contributed by atoms with Crippen LogP contribution in [0.4, 0.5) is 73.6 Å². The predicted octanol–water partition coefficient (Wildman–Crippen LogP) is 11.0. The van der Waals surface area contributed by atoms with E-state index < -0.39 is 45.1 Å². The van der Waals surface area contributed by atoms with Crippen LogP contribution in [-0.2, 0) is 49.5 Å². The van der Waals surface area contributed by atoms with Gasteiger partial charge in [-0.15, -0.1) is 20.4 Å². The number of benzene rings is 6. The Bertz CT molecular complexity index is 3900. The Morgan fingerprint density at radius 2 is 0.988 bits per heavy atom. The molecule has 0 bridgehead atoms. The summed E-state index contributed by atoms with van der Waals surface area (Å²) < 4.78 is 143. The number of nitrogens with one attached hydrogen (secondary N) is 4. The molecule has 6 aromatic carbocycles. The van der Waals surface area contributed by atoms with Crippen molar-refractivity contribution in [2.24, 2.45) is 21.1 Å². The summed E-state index contributed by atoms with van der Waals surface area (Å²) in [5.41, 5.74) is 2.35. The average Bonchev–Trinajstić information content (AvgIpc) is 4.30. The van der Waals surface area contributed by atoms with E-state index in [2.05, 4.69) is 57.1 Å². The number of sulfone groups is 1. The highest BCUT2D eigenvalue weighted by molar-refractivity contribution is 7.91. The molecule has 19 nitrogen and oxygen atoms in total. The maximum atomic E-state index is 13.0. The molecule has 3 aromatic heterocycles. The van der Waals surface area contributed by atoms with E-state index in [-0.39, 0.29) is 51.2 Å². The van der Waals surface area contributed by atoms with Crippen molar-refractivity contribution in [1.82, 2.24) is 60.2 Å². The normalized spacial score (nSPS) is 11.6. The lowest BCUT2D eigenvalue weighted by molar-refractivity contribution is -0.138. The summed E-state index contributed by atoms with van der Waals surface area (Å²) in [4.78, 5) is 32.5. The first-order valence-corrected chi connectivity index (χ1v) is 26.1. The Hall–Kier alpha value is -9.67. The van der Waals surface area contributed by atoms with Gasteiger partial charge in [0.1, 0.15) is 0 Å². The Morgan fingerprint density at radius 1 is 0.566 bits per heavy atom. The fourth-order valence-corrected chi connectivity index (χ4v) is 8.59. The van der Waals surface area contributed by atoms with E-state index in [1.165, 1.54) is 76.1 Å². The number of hydrogen-bond acceptors (Lipinski definition) is 14. The van der Waals surface area contributed by atoms with Crippen molar-refractivity contribution >= 4 is 55.8 Å². The second-order valence-electron chi connectivity index (χ2n) is 18.2. The molecule has 0 aliphatic carbocycles. The molecule has 0 unspecified atom stereocenters. The van der Waals surface area contributed by atoms with E-state index in [1.807, 2.05) is 0 Å². The molecule has 0 spiro atoms. The first-order chi connectivity index (χ1) is 39.0. The molecule has 9 rings (SSSR count). The van der Waals surface area contributed by atoms with Gasteiger partial charge in [0.2, 0.25) is 11.6 Å². The lowest BCUT2D eigenvalue weighted by Gasteiger charge is -2.15. The van der Waals surface area contributed by atoms with Crippen molar-refractivity contribution in [2.45, 2.75) is 30.3 Å². The van der Waals surface area contributed by atoms with Crippen LogP contribution in [0.25, 0.3) is 34.0 Å². The number of imidazole rings is 1. The van der Waals surface area contributed by atoms with Gasteiger partial charge in [0.25, 0.3) is 11.8 Å². The number of nitrogens with zero attached hydrogens (tertiary/aromatic N) is 11. The number of tetrazole rings is 2. The third kappa shape index (κ3) is 15.6. The van der Waals surface area contributed by atoms with E-state index in [9.17, 15) is 57.5 Å². The molecule has 0 radical (unpaired) electrons. The minimum absolute atomic E-state index is 0.0605. The molecule has 4 N–H and O–H groups in total. The lowest BCUT2D eigenvalue weighted by atomic mass is 10.1. The first kappa shape index (κ1) is 61.0. The summed E-state index contributed by atoms with van der Waals surface area (Å²) in [6.45, 7) is 1.55. The number of hydrogen-bond donors (Lipinski definition) is 4. The third-order valence-electron chi connectivity index (χ3n) is 11.8. The zero-order chi connectivity index (χ0) is 60.6. The van der Waals surface area contributed by atoms with E-state index in [1.54, 1.807) is 95.7 Å². The van der Waals surface area contributed by atoms with Crippen molar-refractivity contribution in [2.75, 3.05) is 42.8 Å². The molecule has 9 aromatic rings. The maximum Gasteiger partial charge on any atom is 0.416 e. The molecule has 3 heterocycles. The summed E-state index contributed by atoms with van der Waals surface area (Å²) in [5, 5.41) is 35.0. The van der Waals surface area contributed by atoms with Crippen molar-refractivity contribution in [3.05, 3.63) is 168 Å². The molecular formula is C54H50F9N15O4S. The zero-order valence-corrected chi connectivity index (χ0v) is 45.7. The maximum absolute atomic E-state index is 13.0. The first-order valence-electron chi connectivity index (χ1n) is 24.4. The van der Waals surface area contributed by atoms with Crippen molar-refractivity contribution in [3.8, 4) is 34.0 Å². The summed E-state index contributed by atoms with van der Waals surface area (Å²) >= 11 is 0. The molecule has 0 atom stereocenters. The number of aromatic nitrogens is 10. The van der Waals surface area contributed by atoms with Gasteiger partial charge in [-0.05, 0) is 120 Å². The van der Waals surface area contributed by atoms with Crippen molar-refractivity contribution in [1.29, 1.82) is 0 Å². The number of amides is 2. The Morgan fingerprint density at radius 3 is 1.36 bits per heavy atom. The van der Waals surface area contributed by atoms with Gasteiger partial charge in [0, 0.05) is 96.3 Å². The molecule has 0 fully saturated rings. The van der Waals surface area contributed by atoms with Crippen LogP contribution in [0, 0.1) is 0 Å². The van der Waals surface area contributed by atoms with E-state index in [4.69, 9.17) is 0 Å². The fraction of sp³-hybridized carbons (Fsp3) is 0.204. The number of carbonyl (C=O) groups excluding carboxylic acids is 2. The minimum atomic E-state index is -4.46. The number of carbonyl (C=O) groups is 2. The van der Waals surface area contributed by atoms with Crippen LogP contribution in [0.2, 0.25) is 0 Å². The van der Waals surface area contributed by atoms with Gasteiger partial charge in [-0.25, -0.2) is 13.4 Å². The molecule has 0 saturated carbocycles. The fourth-order valence-electron chi connectivity index (χ4n) is 7.68. The van der Waals surface area contributed by atoms with Gasteiger partial charge < -0.3 is 30.7 Å². The number of aryl methyl sites for hydroxylation is 3. The van der Waals surface area contributed by atoms with Crippen LogP contribution in [-0.4, -0.2) is 102 Å². The Balaban J connectivity index is 0.000000179. The highest BCUT2D eigenvalue weighted by atomic mass is 32.2. The lowest BCUT2D eigenvalue weighted by Crippen LogP contribution is -2.21. The minimum Gasteiger partial charge on any atom is -0.355 e. The third-order valence-corrected chi connectivity index (χ3v) is 13.5. The zero-order valence-electron chi connectivity index (χ0n) is 44.8. The van der Waals surface area contributed by atoms with Crippen LogP contribution >= 0.6 is 0 Å². The topological polar surface area (TPSA) is 225 Å². The second-order valence-corrected chi connectivity index (χ2v) is 20.4. The summed E-state index contributed by atoms with van der Waals surface area (Å²) in [6.07, 6.45) is -10.1. The monoisotopic (exact) mass is 1180 g/mol. The predicted molar refractivity (Wildman–Crippen MR) is 290 cm³/mol. The quantitative estimate of drug-likeness (QED) is 0.0789. The van der Waals surface area contributed by atoms with Gasteiger partial charge in [0.05, 0.1) is 53.5 Å². The van der Waals surface area contributed by atoms with Crippen molar-refractivity contribution < 1.29 is 57.5 Å². The molecule has 29 heteroatoms. The van der Waals surface area contributed by atoms with Crippen LogP contribution in [0.5, 0.6) is 0 Å². The Labute approximate surface area is 468 Å². The average molecular weight is 1180 g/mol. The van der Waals surface area contributed by atoms with Crippen LogP contribution in [0.1, 0.15) is 44.3 Å². The van der Waals surface area contributed by atoms with Crippen LogP contribution in [0.3, 0.4) is 0 Å². The molecule has 83 heavy (non-hydrogen) atoms. The number of rotatable bonds is 13. The largest absolute Gasteiger partial charge is 0.416 e. The molecule has 0 saturated heterocycles. The molecule has 434 valence electrons. The molecule has 0 aliphatic heterocycles. The SMILES string of the molecule is CCS(=O)(=O)c1ccc(Nc2cccc(C(F)(F)F)c2)c(-c2cn(C)cn2)c1.CN(C)C(=O)c1ccc(Nc2cccc(C(F)(F)F)c2)c(-c2nnn(C)n2)c1.CNC(=O)c1ccc(Nc2cccc(C(F)(F)F)c2)c(-c2nnn(C)n2)c1. The van der Waals surface area contributed by atoms with Gasteiger partial charge >= 0.3 is 18.5 Å². The van der Waals surface area contributed by atoms with Crippen molar-refractivity contribution in [3.63, 3.8) is 0 Å². The summed E-state index contributed by atoms with van der Waals surface area (Å²) in [6, 6.07) is 28.3. The standard InChI is InChI=1S/C19H18F3N3O2S.C18H17F3N6O.C17H15F3N6O/c1-3-28(26,27)15-7-8-17(16(10-15)18-11-25(2)12-23-18)24-14-6-4-5-13(9-14)19(20,21)22;1-26(2)17(28)11-7-8-15(14(9-11)16-23-25-27(3)24-16)22-13-6-4-5-12(10-13)18(19,20)21;1-21-16(27)10-6-7-14(13(8-10)15-23-25-26(2)24-15)22-12-5-3-4-11(9-12)17(18,19)20/h4-12,24H,3H2,1-2H3;4-10,22H,1-3H3;3-9,22H,1-2H3,(H,21,27). The van der Waals surface area contributed by atoms with Crippen LogP contribution < -0.4 is 21.3 Å². The van der Waals surface area contributed by atoms with E-state index >= 15 is 0 Å². The number of halogens is 9. The highest BCUT2D eigenvalue weighted by Crippen LogP contribution is 2.38. The van der Waals surface area contributed by atoms with Crippen LogP contribution in [0.15, 0.2) is 145 Å². The molecule has 0 aliphatic rings.